The fourth-order valence-electron chi connectivity index (χ4n) is 5.82. The van der Waals surface area contributed by atoms with E-state index in [-0.39, 0.29) is 6.17 Å². The van der Waals surface area contributed by atoms with Crippen LogP contribution in [0.15, 0.2) is 12.3 Å². The second-order valence-electron chi connectivity index (χ2n) is 9.93. The lowest BCUT2D eigenvalue weighted by atomic mass is 9.99. The van der Waals surface area contributed by atoms with Crippen molar-refractivity contribution >= 4 is 21.9 Å². The molecule has 3 aliphatic rings. The molecule has 2 aliphatic carbocycles. The number of aromatic nitrogens is 2. The van der Waals surface area contributed by atoms with Gasteiger partial charge in [0, 0.05) is 11.9 Å². The number of likely N-dealkylation sites (N-methyl/N-ethyl adjacent to an activating group) is 1. The van der Waals surface area contributed by atoms with Crippen molar-refractivity contribution in [3.05, 3.63) is 45.8 Å². The van der Waals surface area contributed by atoms with E-state index in [1.807, 2.05) is 31.8 Å². The summed E-state index contributed by atoms with van der Waals surface area (Å²) in [5.74, 6) is 0. The summed E-state index contributed by atoms with van der Waals surface area (Å²) in [6.07, 6.45) is 9.20. The van der Waals surface area contributed by atoms with E-state index in [0.717, 1.165) is 68.4 Å². The zero-order valence-electron chi connectivity index (χ0n) is 20.1. The van der Waals surface area contributed by atoms with Crippen LogP contribution < -0.4 is 14.8 Å². The minimum Gasteiger partial charge on any atom is -0.307 e. The lowest BCUT2D eigenvalue weighted by Gasteiger charge is -2.39. The van der Waals surface area contributed by atoms with Crippen LogP contribution in [0.1, 0.15) is 65.4 Å². The molecule has 1 saturated heterocycles. The maximum absolute atomic E-state index is 13.0. The molecule has 10 heteroatoms. The van der Waals surface area contributed by atoms with Gasteiger partial charge in [0.25, 0.3) is 0 Å². The summed E-state index contributed by atoms with van der Waals surface area (Å²) in [6.45, 7) is 4.78. The summed E-state index contributed by atoms with van der Waals surface area (Å²) >= 11 is 0. The van der Waals surface area contributed by atoms with E-state index in [0.29, 0.717) is 6.42 Å². The Hall–Kier alpha value is -2.43. The molecule has 1 aromatic carbocycles. The van der Waals surface area contributed by atoms with E-state index in [9.17, 15) is 13.2 Å². The predicted octanol–water partition coefficient (Wildman–Crippen LogP) is 2.73. The van der Waals surface area contributed by atoms with Crippen LogP contribution >= 0.6 is 0 Å². The first-order valence-corrected chi connectivity index (χ1v) is 13.7. The van der Waals surface area contributed by atoms with Crippen LogP contribution in [0.3, 0.4) is 0 Å². The third kappa shape index (κ3) is 4.46. The highest BCUT2D eigenvalue weighted by atomic mass is 32.2. The van der Waals surface area contributed by atoms with Gasteiger partial charge in [-0.05, 0) is 107 Å². The largest absolute Gasteiger partial charge is 0.333 e. The van der Waals surface area contributed by atoms with Gasteiger partial charge >= 0.3 is 16.2 Å². The zero-order chi connectivity index (χ0) is 24.0. The first-order valence-electron chi connectivity index (χ1n) is 12.2. The molecular weight excluding hydrogens is 452 g/mol. The van der Waals surface area contributed by atoms with Crippen LogP contribution in [0.5, 0.6) is 0 Å². The summed E-state index contributed by atoms with van der Waals surface area (Å²) in [6, 6.07) is 1.16. The molecule has 34 heavy (non-hydrogen) atoms. The fraction of sp³-hybridized carbons (Fsp3) is 0.583. The highest BCUT2D eigenvalue weighted by molar-refractivity contribution is 7.88. The Kier molecular flexibility index (Phi) is 6.16. The number of nitrogens with zero attached hydrogens (tertiary/aromatic N) is 3. The molecule has 0 saturated carbocycles. The Morgan fingerprint density at radius 1 is 1.06 bits per heavy atom. The molecule has 2 amide bonds. The number of nitrogens with one attached hydrogen (secondary N) is 3. The molecule has 1 fully saturated rings. The smallest absolute Gasteiger partial charge is 0.307 e. The Morgan fingerprint density at radius 3 is 2.35 bits per heavy atom. The van der Waals surface area contributed by atoms with Gasteiger partial charge in [0.05, 0.1) is 11.7 Å². The van der Waals surface area contributed by atoms with E-state index in [1.54, 1.807) is 0 Å². The van der Waals surface area contributed by atoms with Crippen molar-refractivity contribution in [1.82, 2.24) is 24.1 Å². The number of hydrogen-bond acceptors (Lipinski definition) is 5. The molecule has 0 radical (unpaired) electrons. The van der Waals surface area contributed by atoms with E-state index in [1.165, 1.54) is 22.3 Å². The lowest BCUT2D eigenvalue weighted by molar-refractivity contribution is 0.0863. The molecule has 2 atom stereocenters. The third-order valence-electron chi connectivity index (χ3n) is 7.52. The number of fused-ring (bicyclic) bond motifs is 2. The van der Waals surface area contributed by atoms with Crippen molar-refractivity contribution in [2.24, 2.45) is 0 Å². The number of aryl methyl sites for hydroxylation is 4. The van der Waals surface area contributed by atoms with Gasteiger partial charge in [0.15, 0.2) is 0 Å². The van der Waals surface area contributed by atoms with Gasteiger partial charge in [-0.2, -0.15) is 18.2 Å². The van der Waals surface area contributed by atoms with Crippen LogP contribution in [0, 0.1) is 13.8 Å². The minimum absolute atomic E-state index is 0.263. The van der Waals surface area contributed by atoms with E-state index in [4.69, 9.17) is 0 Å². The average Bonchev–Trinajstić information content (AvgIpc) is 3.48. The highest BCUT2D eigenvalue weighted by Gasteiger charge is 2.35. The molecule has 1 aliphatic heterocycles. The molecule has 0 bridgehead atoms. The Bertz CT molecular complexity index is 1170. The van der Waals surface area contributed by atoms with Crippen LogP contribution in [-0.2, 0) is 35.9 Å². The van der Waals surface area contributed by atoms with Crippen molar-refractivity contribution in [1.29, 1.82) is 0 Å². The SMILES string of the molecule is Cc1cn(C2C(NS(=O)(=O)NC(=O)Nc3c4c(cc5c3CCC5)CCC4)CCCN2C)nc1C. The van der Waals surface area contributed by atoms with E-state index in [2.05, 4.69) is 30.8 Å². The summed E-state index contributed by atoms with van der Waals surface area (Å²) in [5, 5.41) is 7.49. The van der Waals surface area contributed by atoms with Gasteiger partial charge in [-0.15, -0.1) is 0 Å². The lowest BCUT2D eigenvalue weighted by Crippen LogP contribution is -2.54. The van der Waals surface area contributed by atoms with E-state index < -0.39 is 22.3 Å². The fourth-order valence-corrected chi connectivity index (χ4v) is 6.81. The van der Waals surface area contributed by atoms with Gasteiger partial charge in [-0.25, -0.2) is 9.52 Å². The van der Waals surface area contributed by atoms with Crippen molar-refractivity contribution in [3.8, 4) is 0 Å². The topological polar surface area (TPSA) is 108 Å². The van der Waals surface area contributed by atoms with Crippen LogP contribution in [0.25, 0.3) is 0 Å². The standard InChI is InChI=1S/C24H34N6O3S/c1-15-14-30(26-16(15)2)23-21(11-6-12-29(23)3)27-34(32,33)28-24(31)25-22-19-9-4-7-17(19)13-18-8-5-10-20(18)22/h13-14,21,23,27H,4-12H2,1-3H3,(H2,25,28,31). The first-order chi connectivity index (χ1) is 16.2. The third-order valence-corrected chi connectivity index (χ3v) is 8.58. The number of benzene rings is 1. The molecule has 184 valence electrons. The number of anilines is 1. The normalized spacial score (nSPS) is 22.4. The molecule has 2 aromatic rings. The molecule has 1 aromatic heterocycles. The maximum Gasteiger partial charge on any atom is 0.333 e. The Balaban J connectivity index is 1.32. The summed E-state index contributed by atoms with van der Waals surface area (Å²) in [5.41, 5.74) is 7.71. The van der Waals surface area contributed by atoms with Gasteiger partial charge in [0.1, 0.15) is 6.17 Å². The molecule has 0 spiro atoms. The summed E-state index contributed by atoms with van der Waals surface area (Å²) in [4.78, 5) is 15.0. The van der Waals surface area contributed by atoms with Crippen molar-refractivity contribution in [2.75, 3.05) is 18.9 Å². The van der Waals surface area contributed by atoms with Crippen molar-refractivity contribution < 1.29 is 13.2 Å². The maximum atomic E-state index is 13.0. The molecule has 5 rings (SSSR count). The van der Waals surface area contributed by atoms with Gasteiger partial charge in [-0.1, -0.05) is 6.07 Å². The Morgan fingerprint density at radius 2 is 1.74 bits per heavy atom. The van der Waals surface area contributed by atoms with Crippen LogP contribution in [-0.4, -0.2) is 48.8 Å². The second-order valence-corrected chi connectivity index (χ2v) is 11.4. The quantitative estimate of drug-likeness (QED) is 0.602. The number of carbonyl (C=O) groups excluding carboxylic acids is 1. The van der Waals surface area contributed by atoms with Gasteiger partial charge in [-0.3, -0.25) is 9.58 Å². The van der Waals surface area contributed by atoms with E-state index >= 15 is 0 Å². The number of piperidine rings is 1. The summed E-state index contributed by atoms with van der Waals surface area (Å²) < 4.78 is 32.7. The first kappa shape index (κ1) is 23.3. The van der Waals surface area contributed by atoms with Crippen LogP contribution in [0.4, 0.5) is 10.5 Å². The molecule has 2 heterocycles. The van der Waals surface area contributed by atoms with Gasteiger partial charge < -0.3 is 5.32 Å². The highest BCUT2D eigenvalue weighted by Crippen LogP contribution is 2.38. The zero-order valence-corrected chi connectivity index (χ0v) is 21.0. The molecule has 9 nitrogen and oxygen atoms in total. The number of rotatable bonds is 5. The van der Waals surface area contributed by atoms with Gasteiger partial charge in [0.2, 0.25) is 0 Å². The molecular formula is C24H34N6O3S. The number of hydrogen-bond donors (Lipinski definition) is 3. The summed E-state index contributed by atoms with van der Waals surface area (Å²) in [7, 11) is -2.11. The second kappa shape index (κ2) is 8.98. The minimum atomic E-state index is -4.08. The van der Waals surface area contributed by atoms with Crippen molar-refractivity contribution in [3.63, 3.8) is 0 Å². The van der Waals surface area contributed by atoms with Crippen LogP contribution in [0.2, 0.25) is 0 Å². The number of amides is 2. The van der Waals surface area contributed by atoms with Crippen molar-refractivity contribution in [2.45, 2.75) is 77.4 Å². The number of urea groups is 1. The monoisotopic (exact) mass is 486 g/mol. The predicted molar refractivity (Wildman–Crippen MR) is 131 cm³/mol. The number of likely N-dealkylation sites (tertiary alicyclic amines) is 1. The molecule has 3 N–H and O–H groups in total. The average molecular weight is 487 g/mol. The Labute approximate surface area is 201 Å². The molecule has 2 unspecified atom stereocenters. The number of carbonyl (C=O) groups is 1.